The number of nitrogens with zero attached hydrogens (tertiary/aromatic N) is 1. The molecule has 9 heteroatoms. The minimum absolute atomic E-state index is 0.322. The van der Waals surface area contributed by atoms with Crippen molar-refractivity contribution in [1.29, 1.82) is 0 Å². The number of ether oxygens (including phenoxy) is 3. The smallest absolute Gasteiger partial charge is 0.332 e. The van der Waals surface area contributed by atoms with Gasteiger partial charge in [-0.25, -0.2) is 9.59 Å². The zero-order chi connectivity index (χ0) is 18.9. The predicted octanol–water partition coefficient (Wildman–Crippen LogP) is 1.47. The lowest BCUT2D eigenvalue weighted by Gasteiger charge is -2.26. The van der Waals surface area contributed by atoms with E-state index in [0.29, 0.717) is 24.7 Å². The molecule has 0 aromatic carbocycles. The molecule has 26 heavy (non-hydrogen) atoms. The Kier molecular flexibility index (Phi) is 14.1. The molecule has 0 aromatic heterocycles. The summed E-state index contributed by atoms with van der Waals surface area (Å²) in [6.45, 7) is 7.72. The van der Waals surface area contributed by atoms with Gasteiger partial charge in [0.05, 0.1) is 13.2 Å². The van der Waals surface area contributed by atoms with Gasteiger partial charge in [0.2, 0.25) is 0 Å². The van der Waals surface area contributed by atoms with Crippen molar-refractivity contribution in [1.82, 2.24) is 10.2 Å². The van der Waals surface area contributed by atoms with Crippen molar-refractivity contribution in [3.8, 4) is 0 Å². The topological polar surface area (TPSA) is 77.1 Å². The molecule has 0 unspecified atom stereocenters. The van der Waals surface area contributed by atoms with Crippen molar-refractivity contribution in [3.05, 3.63) is 24.4 Å². The number of esters is 2. The maximum absolute atomic E-state index is 11.5. The second-order valence-corrected chi connectivity index (χ2v) is 7.92. The van der Waals surface area contributed by atoms with Crippen molar-refractivity contribution in [2.75, 3.05) is 64.1 Å². The maximum atomic E-state index is 11.5. The largest absolute Gasteiger partial charge is 0.462 e. The van der Waals surface area contributed by atoms with E-state index in [4.69, 9.17) is 14.2 Å². The third kappa shape index (κ3) is 13.1. The lowest BCUT2D eigenvalue weighted by Crippen LogP contribution is -2.39. The fourth-order valence-electron chi connectivity index (χ4n) is 1.96. The highest BCUT2D eigenvalue weighted by atomic mass is 33.1. The summed E-state index contributed by atoms with van der Waals surface area (Å²) in [5.41, 5.74) is 0. The first-order valence-electron chi connectivity index (χ1n) is 8.63. The molecule has 0 atom stereocenters. The number of morpholine rings is 1. The van der Waals surface area contributed by atoms with Crippen molar-refractivity contribution >= 4 is 33.5 Å². The van der Waals surface area contributed by atoms with Crippen LogP contribution in [-0.2, 0) is 23.8 Å². The standard InChI is InChI=1S/C17H28N2O5S2/c1-2-3-16(20)23-12-14-25-26-15-13-24-17(21)4-5-18-6-7-19-8-10-22-11-9-19/h2-5,18H,6-15H2,1H3/b3-2+,5-4+. The molecule has 0 bridgehead atoms. The highest BCUT2D eigenvalue weighted by Gasteiger charge is 2.08. The van der Waals surface area contributed by atoms with E-state index in [1.165, 1.54) is 12.2 Å². The number of carbonyl (C=O) groups excluding carboxylic acids is 2. The monoisotopic (exact) mass is 404 g/mol. The van der Waals surface area contributed by atoms with E-state index in [1.807, 2.05) is 0 Å². The van der Waals surface area contributed by atoms with Crippen LogP contribution < -0.4 is 5.32 Å². The minimum Gasteiger partial charge on any atom is -0.462 e. The van der Waals surface area contributed by atoms with E-state index in [-0.39, 0.29) is 11.9 Å². The Morgan fingerprint density at radius 2 is 1.69 bits per heavy atom. The molecule has 1 rings (SSSR count). The van der Waals surface area contributed by atoms with Crippen molar-refractivity contribution in [2.24, 2.45) is 0 Å². The van der Waals surface area contributed by atoms with E-state index < -0.39 is 0 Å². The van der Waals surface area contributed by atoms with Gasteiger partial charge in [0.1, 0.15) is 13.2 Å². The zero-order valence-electron chi connectivity index (χ0n) is 15.2. The Morgan fingerprint density at radius 1 is 1.08 bits per heavy atom. The van der Waals surface area contributed by atoms with Crippen LogP contribution in [0.25, 0.3) is 0 Å². The molecule has 1 N–H and O–H groups in total. The molecule has 0 radical (unpaired) electrons. The Bertz CT molecular complexity index is 454. The highest BCUT2D eigenvalue weighted by molar-refractivity contribution is 8.76. The summed E-state index contributed by atoms with van der Waals surface area (Å²) in [7, 11) is 3.17. The number of nitrogens with one attached hydrogen (secondary N) is 1. The van der Waals surface area contributed by atoms with Crippen LogP contribution in [0.5, 0.6) is 0 Å². The number of carbonyl (C=O) groups is 2. The molecule has 0 spiro atoms. The van der Waals surface area contributed by atoms with Crippen molar-refractivity contribution in [2.45, 2.75) is 6.92 Å². The lowest BCUT2D eigenvalue weighted by molar-refractivity contribution is -0.138. The van der Waals surface area contributed by atoms with Crippen LogP contribution in [0.15, 0.2) is 24.4 Å². The van der Waals surface area contributed by atoms with Gasteiger partial charge in [-0.15, -0.1) is 0 Å². The quantitative estimate of drug-likeness (QED) is 0.212. The van der Waals surface area contributed by atoms with Gasteiger partial charge in [-0.2, -0.15) is 0 Å². The van der Waals surface area contributed by atoms with Crippen LogP contribution in [0.2, 0.25) is 0 Å². The van der Waals surface area contributed by atoms with Crippen molar-refractivity contribution < 1.29 is 23.8 Å². The van der Waals surface area contributed by atoms with Gasteiger partial charge in [-0.3, -0.25) is 4.90 Å². The fourth-order valence-corrected chi connectivity index (χ4v) is 3.61. The second-order valence-electron chi connectivity index (χ2n) is 5.22. The molecule has 1 fully saturated rings. The molecule has 148 valence electrons. The molecule has 1 saturated heterocycles. The summed E-state index contributed by atoms with van der Waals surface area (Å²) in [4.78, 5) is 24.9. The Morgan fingerprint density at radius 3 is 2.31 bits per heavy atom. The summed E-state index contributed by atoms with van der Waals surface area (Å²) >= 11 is 0. The summed E-state index contributed by atoms with van der Waals surface area (Å²) in [6.07, 6.45) is 6.07. The molecule has 7 nitrogen and oxygen atoms in total. The van der Waals surface area contributed by atoms with Gasteiger partial charge in [-0.1, -0.05) is 27.7 Å². The van der Waals surface area contributed by atoms with E-state index in [2.05, 4.69) is 10.2 Å². The average molecular weight is 405 g/mol. The van der Waals surface area contributed by atoms with Crippen LogP contribution in [0, 0.1) is 0 Å². The molecule has 0 aromatic rings. The van der Waals surface area contributed by atoms with Gasteiger partial charge in [-0.05, 0) is 6.92 Å². The van der Waals surface area contributed by atoms with E-state index in [1.54, 1.807) is 40.8 Å². The van der Waals surface area contributed by atoms with Gasteiger partial charge in [0, 0.05) is 56.0 Å². The highest BCUT2D eigenvalue weighted by Crippen LogP contribution is 2.20. The maximum Gasteiger partial charge on any atom is 0.332 e. The Balaban J connectivity index is 1.87. The van der Waals surface area contributed by atoms with Crippen molar-refractivity contribution in [3.63, 3.8) is 0 Å². The Labute approximate surface area is 163 Å². The molecular formula is C17H28N2O5S2. The van der Waals surface area contributed by atoms with E-state index >= 15 is 0 Å². The summed E-state index contributed by atoms with van der Waals surface area (Å²) in [6, 6.07) is 0. The first-order valence-corrected chi connectivity index (χ1v) is 11.1. The second kappa shape index (κ2) is 16.0. The molecule has 1 aliphatic heterocycles. The predicted molar refractivity (Wildman–Crippen MR) is 106 cm³/mol. The van der Waals surface area contributed by atoms with Crippen LogP contribution in [0.1, 0.15) is 6.92 Å². The Hall–Kier alpha value is -1.16. The van der Waals surface area contributed by atoms with Crippen LogP contribution in [-0.4, -0.2) is 81.0 Å². The number of hydrogen-bond donors (Lipinski definition) is 1. The number of allylic oxidation sites excluding steroid dienone is 1. The minimum atomic E-state index is -0.352. The normalized spacial score (nSPS) is 15.4. The first kappa shape index (κ1) is 22.9. The van der Waals surface area contributed by atoms with Crippen LogP contribution in [0.4, 0.5) is 0 Å². The third-order valence-corrected chi connectivity index (χ3v) is 5.55. The summed E-state index contributed by atoms with van der Waals surface area (Å²) in [5, 5.41) is 3.09. The summed E-state index contributed by atoms with van der Waals surface area (Å²) in [5.74, 6) is 0.721. The van der Waals surface area contributed by atoms with E-state index in [0.717, 1.165) is 39.4 Å². The van der Waals surface area contributed by atoms with Gasteiger partial charge in [0.15, 0.2) is 0 Å². The number of rotatable bonds is 13. The zero-order valence-corrected chi connectivity index (χ0v) is 16.8. The van der Waals surface area contributed by atoms with E-state index in [9.17, 15) is 9.59 Å². The first-order chi connectivity index (χ1) is 12.7. The van der Waals surface area contributed by atoms with Crippen LogP contribution in [0.3, 0.4) is 0 Å². The molecule has 0 amide bonds. The van der Waals surface area contributed by atoms with Gasteiger partial charge in [0.25, 0.3) is 0 Å². The number of hydrogen-bond acceptors (Lipinski definition) is 9. The molecular weight excluding hydrogens is 376 g/mol. The molecule has 1 aliphatic rings. The molecule has 1 heterocycles. The average Bonchev–Trinajstić information content (AvgIpc) is 2.64. The van der Waals surface area contributed by atoms with Gasteiger partial charge >= 0.3 is 11.9 Å². The van der Waals surface area contributed by atoms with Crippen LogP contribution >= 0.6 is 21.6 Å². The lowest BCUT2D eigenvalue weighted by atomic mass is 10.4. The summed E-state index contributed by atoms with van der Waals surface area (Å²) < 4.78 is 15.3. The fraction of sp³-hybridized carbons (Fsp3) is 0.647. The molecule has 0 aliphatic carbocycles. The SMILES string of the molecule is C/C=C/C(=O)OCCSSCCOC(=O)/C=C/NCCN1CCOCC1. The third-order valence-electron chi connectivity index (χ3n) is 3.22. The van der Waals surface area contributed by atoms with Gasteiger partial charge < -0.3 is 19.5 Å². The molecule has 0 saturated carbocycles.